The average Bonchev–Trinajstić information content (AvgIpc) is 2.46. The van der Waals surface area contributed by atoms with Crippen LogP contribution < -0.4 is 15.4 Å². The van der Waals surface area contributed by atoms with Crippen molar-refractivity contribution in [3.05, 3.63) is 29.8 Å². The number of ether oxygens (including phenoxy) is 1. The molecule has 1 aliphatic rings. The summed E-state index contributed by atoms with van der Waals surface area (Å²) in [6.45, 7) is 4.03. The Labute approximate surface area is 126 Å². The van der Waals surface area contributed by atoms with Crippen molar-refractivity contribution >= 4 is 18.3 Å². The highest BCUT2D eigenvalue weighted by atomic mass is 35.5. The molecule has 0 bridgehead atoms. The van der Waals surface area contributed by atoms with Crippen molar-refractivity contribution in [1.29, 1.82) is 0 Å². The van der Waals surface area contributed by atoms with Gasteiger partial charge in [-0.25, -0.2) is 0 Å². The molecular formula is C15H23ClN2O2. The predicted molar refractivity (Wildman–Crippen MR) is 82.6 cm³/mol. The maximum atomic E-state index is 11.8. The molecule has 0 aromatic heterocycles. The van der Waals surface area contributed by atoms with E-state index in [0.717, 1.165) is 25.1 Å². The van der Waals surface area contributed by atoms with Crippen LogP contribution in [-0.4, -0.2) is 31.6 Å². The van der Waals surface area contributed by atoms with E-state index in [-0.39, 0.29) is 24.4 Å². The van der Waals surface area contributed by atoms with E-state index in [1.54, 1.807) is 0 Å². The van der Waals surface area contributed by atoms with Gasteiger partial charge in [0.1, 0.15) is 12.4 Å². The molecule has 112 valence electrons. The first-order valence-electron chi connectivity index (χ1n) is 6.96. The Morgan fingerprint density at radius 2 is 2.10 bits per heavy atom. The van der Waals surface area contributed by atoms with Gasteiger partial charge in [0.15, 0.2) is 0 Å². The van der Waals surface area contributed by atoms with Gasteiger partial charge in [-0.2, -0.15) is 0 Å². The Balaban J connectivity index is 0.00000200. The van der Waals surface area contributed by atoms with Gasteiger partial charge in [0.25, 0.3) is 0 Å². The molecule has 0 radical (unpaired) electrons. The Hall–Kier alpha value is -1.26. The van der Waals surface area contributed by atoms with Gasteiger partial charge in [-0.3, -0.25) is 4.79 Å². The average molecular weight is 299 g/mol. The van der Waals surface area contributed by atoms with E-state index in [1.165, 1.54) is 12.0 Å². The lowest BCUT2D eigenvalue weighted by Gasteiger charge is -2.22. The fourth-order valence-electron chi connectivity index (χ4n) is 2.18. The van der Waals surface area contributed by atoms with Crippen molar-refractivity contribution in [2.45, 2.75) is 32.2 Å². The summed E-state index contributed by atoms with van der Waals surface area (Å²) in [6, 6.07) is 7.90. The number of amides is 1. The highest BCUT2D eigenvalue weighted by Gasteiger charge is 2.19. The van der Waals surface area contributed by atoms with Crippen LogP contribution in [0.1, 0.15) is 24.8 Å². The summed E-state index contributed by atoms with van der Waals surface area (Å²) < 4.78 is 5.56. The van der Waals surface area contributed by atoms with E-state index < -0.39 is 0 Å². The standard InChI is InChI=1S/C15H22N2O2.ClH/c1-12-5-7-13(8-6-12)19-11-10-17-15(18)14-4-2-3-9-16-14;/h5-8,14,16H,2-4,9-11H2,1H3,(H,17,18);1H. The zero-order valence-corrected chi connectivity index (χ0v) is 12.7. The molecule has 1 aliphatic heterocycles. The summed E-state index contributed by atoms with van der Waals surface area (Å²) in [5.41, 5.74) is 1.21. The van der Waals surface area contributed by atoms with Crippen LogP contribution in [0.25, 0.3) is 0 Å². The largest absolute Gasteiger partial charge is 0.492 e. The van der Waals surface area contributed by atoms with Crippen molar-refractivity contribution in [1.82, 2.24) is 10.6 Å². The molecule has 0 spiro atoms. The fraction of sp³-hybridized carbons (Fsp3) is 0.533. The molecule has 20 heavy (non-hydrogen) atoms. The fourth-order valence-corrected chi connectivity index (χ4v) is 2.18. The number of piperidine rings is 1. The Bertz CT molecular complexity index is 403. The minimum atomic E-state index is -0.0203. The third-order valence-electron chi connectivity index (χ3n) is 3.32. The molecular weight excluding hydrogens is 276 g/mol. The molecule has 1 amide bonds. The molecule has 2 N–H and O–H groups in total. The normalized spacial score (nSPS) is 17.9. The lowest BCUT2D eigenvalue weighted by molar-refractivity contribution is -0.123. The molecule has 2 rings (SSSR count). The number of carbonyl (C=O) groups excluding carboxylic acids is 1. The predicted octanol–water partition coefficient (Wildman–Crippen LogP) is 2.05. The molecule has 1 atom stereocenters. The van der Waals surface area contributed by atoms with Crippen LogP contribution in [-0.2, 0) is 4.79 Å². The molecule has 1 aromatic rings. The van der Waals surface area contributed by atoms with E-state index in [2.05, 4.69) is 10.6 Å². The van der Waals surface area contributed by atoms with E-state index in [9.17, 15) is 4.79 Å². The minimum Gasteiger partial charge on any atom is -0.492 e. The Morgan fingerprint density at radius 1 is 1.35 bits per heavy atom. The number of hydrogen-bond acceptors (Lipinski definition) is 3. The van der Waals surface area contributed by atoms with E-state index in [0.29, 0.717) is 13.2 Å². The zero-order chi connectivity index (χ0) is 13.5. The Kier molecular flexibility index (Phi) is 7.41. The highest BCUT2D eigenvalue weighted by molar-refractivity contribution is 5.85. The SMILES string of the molecule is Cc1ccc(OCCNC(=O)C2CCCCN2)cc1.Cl. The monoisotopic (exact) mass is 298 g/mol. The smallest absolute Gasteiger partial charge is 0.237 e. The van der Waals surface area contributed by atoms with E-state index in [4.69, 9.17) is 4.74 Å². The summed E-state index contributed by atoms with van der Waals surface area (Å²) in [5.74, 6) is 0.933. The number of nitrogens with one attached hydrogen (secondary N) is 2. The molecule has 1 heterocycles. The second kappa shape index (κ2) is 8.82. The van der Waals surface area contributed by atoms with Gasteiger partial charge in [-0.1, -0.05) is 24.1 Å². The van der Waals surface area contributed by atoms with Gasteiger partial charge in [0.2, 0.25) is 5.91 Å². The summed E-state index contributed by atoms with van der Waals surface area (Å²) in [7, 11) is 0. The second-order valence-electron chi connectivity index (χ2n) is 4.96. The van der Waals surface area contributed by atoms with Crippen molar-refractivity contribution < 1.29 is 9.53 Å². The van der Waals surface area contributed by atoms with Gasteiger partial charge in [-0.15, -0.1) is 12.4 Å². The quantitative estimate of drug-likeness (QED) is 0.818. The van der Waals surface area contributed by atoms with Crippen LogP contribution in [0.2, 0.25) is 0 Å². The second-order valence-corrected chi connectivity index (χ2v) is 4.96. The van der Waals surface area contributed by atoms with Gasteiger partial charge in [0, 0.05) is 0 Å². The van der Waals surface area contributed by atoms with E-state index in [1.807, 2.05) is 31.2 Å². The minimum absolute atomic E-state index is 0. The highest BCUT2D eigenvalue weighted by Crippen LogP contribution is 2.11. The number of aryl methyl sites for hydroxylation is 1. The lowest BCUT2D eigenvalue weighted by Crippen LogP contribution is -2.47. The maximum Gasteiger partial charge on any atom is 0.237 e. The topological polar surface area (TPSA) is 50.4 Å². The number of benzene rings is 1. The van der Waals surface area contributed by atoms with Crippen LogP contribution in [0.3, 0.4) is 0 Å². The first kappa shape index (κ1) is 16.8. The van der Waals surface area contributed by atoms with Crippen LogP contribution in [0.4, 0.5) is 0 Å². The van der Waals surface area contributed by atoms with Gasteiger partial charge < -0.3 is 15.4 Å². The first-order chi connectivity index (χ1) is 9.25. The summed E-state index contributed by atoms with van der Waals surface area (Å²) >= 11 is 0. The molecule has 0 saturated carbocycles. The lowest BCUT2D eigenvalue weighted by atomic mass is 10.0. The van der Waals surface area contributed by atoms with Crippen molar-refractivity contribution in [3.8, 4) is 5.75 Å². The molecule has 4 nitrogen and oxygen atoms in total. The molecule has 0 aliphatic carbocycles. The summed E-state index contributed by atoms with van der Waals surface area (Å²) in [6.07, 6.45) is 3.23. The first-order valence-corrected chi connectivity index (χ1v) is 6.96. The summed E-state index contributed by atoms with van der Waals surface area (Å²) in [4.78, 5) is 11.8. The van der Waals surface area contributed by atoms with Crippen molar-refractivity contribution in [2.75, 3.05) is 19.7 Å². The maximum absolute atomic E-state index is 11.8. The number of carbonyl (C=O) groups is 1. The molecule has 1 aromatic carbocycles. The van der Waals surface area contributed by atoms with Crippen LogP contribution in [0.5, 0.6) is 5.75 Å². The summed E-state index contributed by atoms with van der Waals surface area (Å²) in [5, 5.41) is 6.14. The van der Waals surface area contributed by atoms with Crippen molar-refractivity contribution in [2.24, 2.45) is 0 Å². The van der Waals surface area contributed by atoms with Crippen LogP contribution >= 0.6 is 12.4 Å². The molecule has 5 heteroatoms. The zero-order valence-electron chi connectivity index (χ0n) is 11.9. The molecule has 1 fully saturated rings. The molecule has 1 saturated heterocycles. The van der Waals surface area contributed by atoms with Gasteiger partial charge in [-0.05, 0) is 38.4 Å². The van der Waals surface area contributed by atoms with Crippen LogP contribution in [0, 0.1) is 6.92 Å². The third-order valence-corrected chi connectivity index (χ3v) is 3.32. The van der Waals surface area contributed by atoms with Crippen molar-refractivity contribution in [3.63, 3.8) is 0 Å². The number of halogens is 1. The van der Waals surface area contributed by atoms with E-state index >= 15 is 0 Å². The Morgan fingerprint density at radius 3 is 2.75 bits per heavy atom. The third kappa shape index (κ3) is 5.39. The number of hydrogen-bond donors (Lipinski definition) is 2. The molecule has 1 unspecified atom stereocenters. The van der Waals surface area contributed by atoms with Gasteiger partial charge in [0.05, 0.1) is 12.6 Å². The number of rotatable bonds is 5. The van der Waals surface area contributed by atoms with Gasteiger partial charge >= 0.3 is 0 Å². The van der Waals surface area contributed by atoms with Crippen LogP contribution in [0.15, 0.2) is 24.3 Å².